The zero-order valence-electron chi connectivity index (χ0n) is 13.7. The molecule has 1 heterocycles. The van der Waals surface area contributed by atoms with Gasteiger partial charge in [0.25, 0.3) is 0 Å². The second-order valence-corrected chi connectivity index (χ2v) is 6.31. The van der Waals surface area contributed by atoms with Crippen molar-refractivity contribution in [3.05, 3.63) is 29.8 Å². The molecule has 0 aromatic heterocycles. The van der Waals surface area contributed by atoms with Crippen molar-refractivity contribution < 1.29 is 4.74 Å². The molecule has 3 nitrogen and oxygen atoms in total. The van der Waals surface area contributed by atoms with Crippen LogP contribution in [0.4, 0.5) is 0 Å². The molecule has 2 N–H and O–H groups in total. The summed E-state index contributed by atoms with van der Waals surface area (Å²) in [4.78, 5) is 2.55. The topological polar surface area (TPSA) is 38.5 Å². The number of para-hydroxylation sites is 1. The smallest absolute Gasteiger partial charge is 0.123 e. The van der Waals surface area contributed by atoms with Crippen molar-refractivity contribution in [3.8, 4) is 5.75 Å². The highest BCUT2D eigenvalue weighted by atomic mass is 16.5. The molecule has 1 aliphatic rings. The molecule has 0 aliphatic carbocycles. The molecule has 2 unspecified atom stereocenters. The Morgan fingerprint density at radius 1 is 1.29 bits per heavy atom. The number of methoxy groups -OCH3 is 1. The average molecular weight is 290 g/mol. The Labute approximate surface area is 129 Å². The third-order valence-electron chi connectivity index (χ3n) is 4.70. The first kappa shape index (κ1) is 16.3. The highest BCUT2D eigenvalue weighted by molar-refractivity contribution is 5.36. The quantitative estimate of drug-likeness (QED) is 0.870. The molecular weight excluding hydrogens is 260 g/mol. The predicted octanol–water partition coefficient (Wildman–Crippen LogP) is 3.60. The SMILES string of the molecule is CCCC1CCN(C(c2ccccc2OC)C(C)N)CC1. The van der Waals surface area contributed by atoms with Crippen LogP contribution in [0.5, 0.6) is 5.75 Å². The number of nitrogens with two attached hydrogens (primary N) is 1. The Bertz CT molecular complexity index is 425. The number of piperidine rings is 1. The average Bonchev–Trinajstić information content (AvgIpc) is 2.50. The van der Waals surface area contributed by atoms with Gasteiger partial charge in [0.05, 0.1) is 13.2 Å². The fourth-order valence-corrected chi connectivity index (χ4v) is 3.65. The molecule has 1 aromatic carbocycles. The maximum Gasteiger partial charge on any atom is 0.123 e. The number of rotatable bonds is 6. The minimum Gasteiger partial charge on any atom is -0.496 e. The summed E-state index contributed by atoms with van der Waals surface area (Å²) in [5.41, 5.74) is 7.55. The van der Waals surface area contributed by atoms with Crippen molar-refractivity contribution >= 4 is 0 Å². The standard InChI is InChI=1S/C18H30N2O/c1-4-7-15-10-12-20(13-11-15)18(14(2)19)16-8-5-6-9-17(16)21-3/h5-6,8-9,14-15,18H,4,7,10-13,19H2,1-3H3. The van der Waals surface area contributed by atoms with Crippen LogP contribution >= 0.6 is 0 Å². The van der Waals surface area contributed by atoms with Gasteiger partial charge in [-0.25, -0.2) is 0 Å². The Morgan fingerprint density at radius 2 is 1.95 bits per heavy atom. The van der Waals surface area contributed by atoms with E-state index in [-0.39, 0.29) is 12.1 Å². The number of benzene rings is 1. The van der Waals surface area contributed by atoms with Crippen molar-refractivity contribution in [1.82, 2.24) is 4.90 Å². The number of ether oxygens (including phenoxy) is 1. The first-order valence-electron chi connectivity index (χ1n) is 8.29. The summed E-state index contributed by atoms with van der Waals surface area (Å²) in [6.07, 6.45) is 5.26. The molecule has 0 spiro atoms. The third-order valence-corrected chi connectivity index (χ3v) is 4.70. The van der Waals surface area contributed by atoms with Crippen LogP contribution in [0.3, 0.4) is 0 Å². The molecule has 21 heavy (non-hydrogen) atoms. The van der Waals surface area contributed by atoms with Crippen molar-refractivity contribution in [1.29, 1.82) is 0 Å². The van der Waals surface area contributed by atoms with Gasteiger partial charge in [0.15, 0.2) is 0 Å². The summed E-state index contributed by atoms with van der Waals surface area (Å²) in [6, 6.07) is 8.65. The normalized spacial score (nSPS) is 20.2. The van der Waals surface area contributed by atoms with Crippen LogP contribution in [-0.4, -0.2) is 31.1 Å². The maximum atomic E-state index is 6.32. The van der Waals surface area contributed by atoms with Gasteiger partial charge in [0.1, 0.15) is 5.75 Å². The van der Waals surface area contributed by atoms with Gasteiger partial charge in [-0.3, -0.25) is 4.90 Å². The molecule has 2 rings (SSSR count). The van der Waals surface area contributed by atoms with Gasteiger partial charge in [0.2, 0.25) is 0 Å². The van der Waals surface area contributed by atoms with Crippen molar-refractivity contribution in [3.63, 3.8) is 0 Å². The van der Waals surface area contributed by atoms with Crippen molar-refractivity contribution in [2.45, 2.75) is 51.6 Å². The molecule has 2 atom stereocenters. The minimum atomic E-state index is 0.101. The minimum absolute atomic E-state index is 0.101. The molecule has 0 amide bonds. The summed E-state index contributed by atoms with van der Waals surface area (Å²) < 4.78 is 5.54. The lowest BCUT2D eigenvalue weighted by atomic mass is 9.89. The monoisotopic (exact) mass is 290 g/mol. The van der Waals surface area contributed by atoms with Crippen LogP contribution in [0.25, 0.3) is 0 Å². The fourth-order valence-electron chi connectivity index (χ4n) is 3.65. The van der Waals surface area contributed by atoms with Gasteiger partial charge in [-0.05, 0) is 44.8 Å². The number of hydrogen-bond donors (Lipinski definition) is 1. The van der Waals surface area contributed by atoms with Gasteiger partial charge >= 0.3 is 0 Å². The second-order valence-electron chi connectivity index (χ2n) is 6.31. The molecular formula is C18H30N2O. The number of nitrogens with zero attached hydrogens (tertiary/aromatic N) is 1. The Hall–Kier alpha value is -1.06. The van der Waals surface area contributed by atoms with Gasteiger partial charge in [-0.2, -0.15) is 0 Å². The van der Waals surface area contributed by atoms with Gasteiger partial charge < -0.3 is 10.5 Å². The Morgan fingerprint density at radius 3 is 2.52 bits per heavy atom. The van der Waals surface area contributed by atoms with Gasteiger partial charge in [-0.1, -0.05) is 38.0 Å². The highest BCUT2D eigenvalue weighted by Crippen LogP contribution is 2.34. The molecule has 1 saturated heterocycles. The van der Waals surface area contributed by atoms with E-state index in [2.05, 4.69) is 30.9 Å². The first-order chi connectivity index (χ1) is 10.2. The van der Waals surface area contributed by atoms with E-state index in [1.165, 1.54) is 31.2 Å². The molecule has 0 radical (unpaired) electrons. The van der Waals surface area contributed by atoms with E-state index in [0.29, 0.717) is 0 Å². The lowest BCUT2D eigenvalue weighted by Crippen LogP contribution is -2.43. The fraction of sp³-hybridized carbons (Fsp3) is 0.667. The van der Waals surface area contributed by atoms with Crippen molar-refractivity contribution in [2.75, 3.05) is 20.2 Å². The zero-order valence-corrected chi connectivity index (χ0v) is 13.7. The predicted molar refractivity (Wildman–Crippen MR) is 88.6 cm³/mol. The molecule has 3 heteroatoms. The molecule has 1 aromatic rings. The number of likely N-dealkylation sites (tertiary alicyclic amines) is 1. The van der Waals surface area contributed by atoms with Crippen LogP contribution in [0.1, 0.15) is 51.1 Å². The van der Waals surface area contributed by atoms with E-state index >= 15 is 0 Å². The summed E-state index contributed by atoms with van der Waals surface area (Å²) in [6.45, 7) is 6.69. The van der Waals surface area contributed by atoms with E-state index in [9.17, 15) is 0 Å². The summed E-state index contributed by atoms with van der Waals surface area (Å²) >= 11 is 0. The van der Waals surface area contributed by atoms with Gasteiger partial charge in [0, 0.05) is 11.6 Å². The van der Waals surface area contributed by atoms with Crippen molar-refractivity contribution in [2.24, 2.45) is 11.7 Å². The van der Waals surface area contributed by atoms with E-state index in [0.717, 1.165) is 24.8 Å². The largest absolute Gasteiger partial charge is 0.496 e. The highest BCUT2D eigenvalue weighted by Gasteiger charge is 2.29. The Balaban J connectivity index is 2.13. The van der Waals surface area contributed by atoms with Crippen LogP contribution < -0.4 is 10.5 Å². The zero-order chi connectivity index (χ0) is 15.2. The molecule has 1 aliphatic heterocycles. The maximum absolute atomic E-state index is 6.32. The summed E-state index contributed by atoms with van der Waals surface area (Å²) in [5.74, 6) is 1.85. The van der Waals surface area contributed by atoms with Gasteiger partial charge in [-0.15, -0.1) is 0 Å². The second kappa shape index (κ2) is 7.81. The molecule has 118 valence electrons. The van der Waals surface area contributed by atoms with E-state index in [1.54, 1.807) is 7.11 Å². The lowest BCUT2D eigenvalue weighted by molar-refractivity contribution is 0.114. The van der Waals surface area contributed by atoms with Crippen LogP contribution in [0, 0.1) is 5.92 Å². The Kier molecular flexibility index (Phi) is 6.07. The lowest BCUT2D eigenvalue weighted by Gasteiger charge is -2.40. The van der Waals surface area contributed by atoms with E-state index in [4.69, 9.17) is 10.5 Å². The summed E-state index contributed by atoms with van der Waals surface area (Å²) in [5, 5.41) is 0. The first-order valence-corrected chi connectivity index (χ1v) is 8.29. The molecule has 0 saturated carbocycles. The van der Waals surface area contributed by atoms with E-state index in [1.807, 2.05) is 12.1 Å². The van der Waals surface area contributed by atoms with Crippen LogP contribution in [0.15, 0.2) is 24.3 Å². The van der Waals surface area contributed by atoms with Crippen LogP contribution in [0.2, 0.25) is 0 Å². The van der Waals surface area contributed by atoms with Crippen LogP contribution in [-0.2, 0) is 0 Å². The number of hydrogen-bond acceptors (Lipinski definition) is 3. The third kappa shape index (κ3) is 3.98. The van der Waals surface area contributed by atoms with E-state index < -0.39 is 0 Å². The molecule has 1 fully saturated rings. The summed E-state index contributed by atoms with van der Waals surface area (Å²) in [7, 11) is 1.74. The molecule has 0 bridgehead atoms.